The average molecular weight is 262 g/mol. The largest absolute Gasteiger partial charge is 0.424 e. The molecule has 19 heavy (non-hydrogen) atoms. The van der Waals surface area contributed by atoms with Gasteiger partial charge >= 0.3 is 11.7 Å². The summed E-state index contributed by atoms with van der Waals surface area (Å²) in [6.45, 7) is 0. The Morgan fingerprint density at radius 1 is 0.895 bits per heavy atom. The van der Waals surface area contributed by atoms with Gasteiger partial charge in [0.05, 0.1) is 9.85 Å². The van der Waals surface area contributed by atoms with E-state index in [1.165, 1.54) is 24.3 Å². The van der Waals surface area contributed by atoms with Gasteiger partial charge in [0.15, 0.2) is 0 Å². The Hall–Kier alpha value is -3.10. The van der Waals surface area contributed by atoms with Crippen LogP contribution in [0.25, 0.3) is 0 Å². The van der Waals surface area contributed by atoms with Crippen LogP contribution < -0.4 is 4.74 Å². The summed E-state index contributed by atoms with van der Waals surface area (Å²) in [5.74, 6) is 0.291. The van der Waals surface area contributed by atoms with E-state index in [-0.39, 0.29) is 17.4 Å². The lowest BCUT2D eigenvalue weighted by atomic mass is 10.3. The molecule has 1 aromatic carbocycles. The number of hydrogen-bond acceptors (Lipinski definition) is 7. The summed E-state index contributed by atoms with van der Waals surface area (Å²) in [6.07, 6.45) is 2.02. The van der Waals surface area contributed by atoms with E-state index in [1.54, 1.807) is 0 Å². The van der Waals surface area contributed by atoms with Crippen LogP contribution in [0.4, 0.5) is 11.4 Å². The predicted octanol–water partition coefficient (Wildman–Crippen LogP) is 2.09. The molecule has 0 bridgehead atoms. The highest BCUT2D eigenvalue weighted by molar-refractivity contribution is 5.37. The Kier molecular flexibility index (Phi) is 3.28. The van der Waals surface area contributed by atoms with Crippen molar-refractivity contribution in [1.82, 2.24) is 9.97 Å². The Morgan fingerprint density at radius 3 is 1.89 bits per heavy atom. The SMILES string of the molecule is O=[N+]([O-])c1ccc(Oc2ncc([N+](=O)[O-])cn2)cc1. The van der Waals surface area contributed by atoms with Crippen molar-refractivity contribution >= 4 is 11.4 Å². The van der Waals surface area contributed by atoms with E-state index in [4.69, 9.17) is 4.74 Å². The lowest BCUT2D eigenvalue weighted by molar-refractivity contribution is -0.385. The van der Waals surface area contributed by atoms with E-state index in [0.717, 1.165) is 12.4 Å². The second kappa shape index (κ2) is 5.04. The fourth-order valence-electron chi connectivity index (χ4n) is 1.20. The lowest BCUT2D eigenvalue weighted by Crippen LogP contribution is -1.95. The first-order chi connectivity index (χ1) is 9.06. The maximum Gasteiger partial charge on any atom is 0.322 e. The summed E-state index contributed by atoms with van der Waals surface area (Å²) in [4.78, 5) is 27.0. The minimum atomic E-state index is -0.629. The molecule has 1 heterocycles. The van der Waals surface area contributed by atoms with E-state index in [0.29, 0.717) is 5.75 Å². The topological polar surface area (TPSA) is 121 Å². The molecule has 0 N–H and O–H groups in total. The van der Waals surface area contributed by atoms with Crippen LogP contribution in [0.1, 0.15) is 0 Å². The fraction of sp³-hybridized carbons (Fsp3) is 0. The monoisotopic (exact) mass is 262 g/mol. The standard InChI is InChI=1S/C10H6N4O5/c15-13(16)7-1-3-9(4-2-7)19-10-11-5-8(6-12-10)14(17)18/h1-6H. The Balaban J connectivity index is 2.12. The molecule has 0 amide bonds. The average Bonchev–Trinajstić information content (AvgIpc) is 2.40. The van der Waals surface area contributed by atoms with Gasteiger partial charge in [-0.3, -0.25) is 20.2 Å². The Bertz CT molecular complexity index is 555. The van der Waals surface area contributed by atoms with Crippen LogP contribution in [-0.4, -0.2) is 19.8 Å². The van der Waals surface area contributed by atoms with Gasteiger partial charge in [0.1, 0.15) is 18.1 Å². The number of nitrogens with zero attached hydrogens (tertiary/aromatic N) is 4. The van der Waals surface area contributed by atoms with E-state index in [9.17, 15) is 20.2 Å². The zero-order valence-corrected chi connectivity index (χ0v) is 9.29. The zero-order chi connectivity index (χ0) is 13.8. The molecule has 0 unspecified atom stereocenters. The number of non-ortho nitro benzene ring substituents is 1. The first kappa shape index (κ1) is 12.4. The minimum Gasteiger partial charge on any atom is -0.424 e. The third-order valence-electron chi connectivity index (χ3n) is 2.08. The third kappa shape index (κ3) is 2.97. The fourth-order valence-corrected chi connectivity index (χ4v) is 1.20. The second-order valence-corrected chi connectivity index (χ2v) is 3.33. The van der Waals surface area contributed by atoms with Crippen molar-refractivity contribution in [2.75, 3.05) is 0 Å². The number of nitro groups is 2. The van der Waals surface area contributed by atoms with Gasteiger partial charge in [-0.15, -0.1) is 0 Å². The molecular weight excluding hydrogens is 256 g/mol. The van der Waals surface area contributed by atoms with Crippen LogP contribution in [0.5, 0.6) is 11.8 Å². The molecule has 9 heteroatoms. The highest BCUT2D eigenvalue weighted by Gasteiger charge is 2.09. The van der Waals surface area contributed by atoms with E-state index < -0.39 is 9.85 Å². The van der Waals surface area contributed by atoms with Crippen LogP contribution in [0.15, 0.2) is 36.7 Å². The summed E-state index contributed by atoms with van der Waals surface area (Å²) in [5.41, 5.74) is -0.326. The zero-order valence-electron chi connectivity index (χ0n) is 9.29. The highest BCUT2D eigenvalue weighted by Crippen LogP contribution is 2.21. The molecule has 9 nitrogen and oxygen atoms in total. The first-order valence-corrected chi connectivity index (χ1v) is 4.95. The third-order valence-corrected chi connectivity index (χ3v) is 2.08. The highest BCUT2D eigenvalue weighted by atomic mass is 16.6. The summed E-state index contributed by atoms with van der Waals surface area (Å²) >= 11 is 0. The number of rotatable bonds is 4. The van der Waals surface area contributed by atoms with Crippen molar-refractivity contribution in [3.63, 3.8) is 0 Å². The number of hydrogen-bond donors (Lipinski definition) is 0. The summed E-state index contributed by atoms with van der Waals surface area (Å²) in [6, 6.07) is 5.20. The van der Waals surface area contributed by atoms with Gasteiger partial charge in [0.25, 0.3) is 5.69 Å². The molecule has 0 aliphatic carbocycles. The van der Waals surface area contributed by atoms with Crippen molar-refractivity contribution in [2.24, 2.45) is 0 Å². The normalized spacial score (nSPS) is 9.89. The van der Waals surface area contributed by atoms with Gasteiger partial charge in [-0.05, 0) is 12.1 Å². The molecule has 0 atom stereocenters. The number of aromatic nitrogens is 2. The van der Waals surface area contributed by atoms with Gasteiger partial charge in [-0.25, -0.2) is 0 Å². The van der Waals surface area contributed by atoms with Gasteiger partial charge in [0.2, 0.25) is 0 Å². The van der Waals surface area contributed by atoms with Crippen molar-refractivity contribution < 1.29 is 14.6 Å². The van der Waals surface area contributed by atoms with Crippen LogP contribution in [-0.2, 0) is 0 Å². The molecule has 0 saturated heterocycles. The molecule has 96 valence electrons. The van der Waals surface area contributed by atoms with Crippen molar-refractivity contribution in [1.29, 1.82) is 0 Å². The maximum absolute atomic E-state index is 10.4. The molecule has 1 aromatic heterocycles. The quantitative estimate of drug-likeness (QED) is 0.610. The first-order valence-electron chi connectivity index (χ1n) is 4.95. The maximum atomic E-state index is 10.4. The van der Waals surface area contributed by atoms with Crippen LogP contribution in [0, 0.1) is 20.2 Å². The predicted molar refractivity (Wildman–Crippen MR) is 61.9 cm³/mol. The van der Waals surface area contributed by atoms with E-state index in [2.05, 4.69) is 9.97 Å². The van der Waals surface area contributed by atoms with Crippen molar-refractivity contribution in [3.8, 4) is 11.8 Å². The number of benzene rings is 1. The van der Waals surface area contributed by atoms with E-state index >= 15 is 0 Å². The van der Waals surface area contributed by atoms with Gasteiger partial charge in [-0.1, -0.05) is 0 Å². The van der Waals surface area contributed by atoms with Gasteiger partial charge in [0, 0.05) is 12.1 Å². The molecule has 0 aliphatic rings. The molecule has 0 fully saturated rings. The Morgan fingerprint density at radius 2 is 1.42 bits per heavy atom. The Labute approximate surface area is 105 Å². The minimum absolute atomic E-state index is 0.0723. The molecule has 0 saturated carbocycles. The molecule has 0 spiro atoms. The van der Waals surface area contributed by atoms with Gasteiger partial charge < -0.3 is 4.74 Å². The smallest absolute Gasteiger partial charge is 0.322 e. The number of ether oxygens (including phenoxy) is 1. The molecule has 0 aliphatic heterocycles. The van der Waals surface area contributed by atoms with Gasteiger partial charge in [-0.2, -0.15) is 9.97 Å². The van der Waals surface area contributed by atoms with Crippen molar-refractivity contribution in [2.45, 2.75) is 0 Å². The molecule has 0 radical (unpaired) electrons. The van der Waals surface area contributed by atoms with Crippen molar-refractivity contribution in [3.05, 3.63) is 56.9 Å². The summed E-state index contributed by atoms with van der Waals surface area (Å²) in [5, 5.41) is 20.8. The van der Waals surface area contributed by atoms with E-state index in [1.807, 2.05) is 0 Å². The molecule has 2 rings (SSSR count). The molecule has 2 aromatic rings. The molecular formula is C10H6N4O5. The summed E-state index contributed by atoms with van der Waals surface area (Å²) in [7, 11) is 0. The summed E-state index contributed by atoms with van der Waals surface area (Å²) < 4.78 is 5.18. The van der Waals surface area contributed by atoms with Crippen LogP contribution >= 0.6 is 0 Å². The second-order valence-electron chi connectivity index (χ2n) is 3.33. The number of nitro benzene ring substituents is 1. The lowest BCUT2D eigenvalue weighted by Gasteiger charge is -2.02. The van der Waals surface area contributed by atoms with Crippen LogP contribution in [0.2, 0.25) is 0 Å². The van der Waals surface area contributed by atoms with Crippen LogP contribution in [0.3, 0.4) is 0 Å².